The average Bonchev–Trinajstić information content (AvgIpc) is 2.87. The largest absolute Gasteiger partial charge is 0.323 e. The molecular weight excluding hydrogens is 302 g/mol. The average molecular weight is 316 g/mol. The van der Waals surface area contributed by atoms with E-state index in [9.17, 15) is 0 Å². The van der Waals surface area contributed by atoms with Gasteiger partial charge in [0.2, 0.25) is 0 Å². The van der Waals surface area contributed by atoms with Gasteiger partial charge < -0.3 is 5.73 Å². The molecule has 0 amide bonds. The summed E-state index contributed by atoms with van der Waals surface area (Å²) < 4.78 is 1.15. The zero-order valence-electron chi connectivity index (χ0n) is 9.07. The molecule has 2 heterocycles. The van der Waals surface area contributed by atoms with E-state index in [2.05, 4.69) is 47.1 Å². The van der Waals surface area contributed by atoms with Gasteiger partial charge in [-0.2, -0.15) is 0 Å². The van der Waals surface area contributed by atoms with E-state index in [1.165, 1.54) is 14.6 Å². The summed E-state index contributed by atoms with van der Waals surface area (Å²) in [6.45, 7) is 2.19. The molecule has 2 aromatic rings. The third-order valence-electron chi connectivity index (χ3n) is 2.45. The lowest BCUT2D eigenvalue weighted by Crippen LogP contribution is -2.10. The molecule has 0 radical (unpaired) electrons. The first kappa shape index (κ1) is 12.3. The number of rotatable bonds is 4. The van der Waals surface area contributed by atoms with Gasteiger partial charge in [-0.3, -0.25) is 0 Å². The van der Waals surface area contributed by atoms with Crippen molar-refractivity contribution in [3.8, 4) is 0 Å². The molecule has 0 aromatic carbocycles. The third kappa shape index (κ3) is 2.94. The van der Waals surface area contributed by atoms with Gasteiger partial charge in [0.1, 0.15) is 0 Å². The van der Waals surface area contributed by atoms with Crippen molar-refractivity contribution in [2.24, 2.45) is 5.73 Å². The van der Waals surface area contributed by atoms with Gasteiger partial charge >= 0.3 is 0 Å². The normalized spacial score (nSPS) is 12.9. The molecule has 0 saturated heterocycles. The molecular formula is C12H14BrNS2. The quantitative estimate of drug-likeness (QED) is 0.890. The second kappa shape index (κ2) is 5.45. The molecule has 4 heteroatoms. The number of hydrogen-bond acceptors (Lipinski definition) is 3. The first-order valence-corrected chi connectivity index (χ1v) is 7.70. The van der Waals surface area contributed by atoms with Crippen LogP contribution in [0.2, 0.25) is 0 Å². The minimum absolute atomic E-state index is 0.125. The van der Waals surface area contributed by atoms with Crippen molar-refractivity contribution in [2.75, 3.05) is 0 Å². The predicted octanol–water partition coefficient (Wildman–Crippen LogP) is 4.38. The van der Waals surface area contributed by atoms with Crippen LogP contribution in [-0.4, -0.2) is 0 Å². The molecule has 0 saturated carbocycles. The van der Waals surface area contributed by atoms with E-state index >= 15 is 0 Å². The van der Waals surface area contributed by atoms with Crippen molar-refractivity contribution >= 4 is 38.6 Å². The molecule has 16 heavy (non-hydrogen) atoms. The van der Waals surface area contributed by atoms with Crippen molar-refractivity contribution in [3.63, 3.8) is 0 Å². The van der Waals surface area contributed by atoms with Crippen molar-refractivity contribution < 1.29 is 0 Å². The molecule has 1 nitrogen and oxygen atoms in total. The predicted molar refractivity (Wildman–Crippen MR) is 76.3 cm³/mol. The van der Waals surface area contributed by atoms with Gasteiger partial charge in [0.15, 0.2) is 0 Å². The molecule has 0 aliphatic carbocycles. The highest BCUT2D eigenvalue weighted by molar-refractivity contribution is 9.11. The topological polar surface area (TPSA) is 26.0 Å². The molecule has 0 fully saturated rings. The Kier molecular flexibility index (Phi) is 4.19. The number of thiophene rings is 2. The van der Waals surface area contributed by atoms with Crippen LogP contribution in [0.15, 0.2) is 28.1 Å². The number of aryl methyl sites for hydroxylation is 1. The molecule has 86 valence electrons. The van der Waals surface area contributed by atoms with E-state index in [1.807, 2.05) is 11.3 Å². The first-order chi connectivity index (χ1) is 7.69. The molecule has 2 rings (SSSR count). The Morgan fingerprint density at radius 2 is 1.94 bits per heavy atom. The van der Waals surface area contributed by atoms with Crippen molar-refractivity contribution in [2.45, 2.75) is 25.8 Å². The summed E-state index contributed by atoms with van der Waals surface area (Å²) in [6.07, 6.45) is 2.06. The minimum Gasteiger partial charge on any atom is -0.323 e. The highest BCUT2D eigenvalue weighted by atomic mass is 79.9. The van der Waals surface area contributed by atoms with Gasteiger partial charge in [-0.05, 0) is 46.6 Å². The van der Waals surface area contributed by atoms with Crippen molar-refractivity contribution in [3.05, 3.63) is 42.7 Å². The molecule has 0 bridgehead atoms. The maximum atomic E-state index is 6.19. The lowest BCUT2D eigenvalue weighted by atomic mass is 10.1. The lowest BCUT2D eigenvalue weighted by Gasteiger charge is -2.07. The molecule has 0 aliphatic rings. The zero-order valence-corrected chi connectivity index (χ0v) is 12.3. The number of halogens is 1. The SMILES string of the molecule is CCc1ccc(CC(N)c2ccc(Br)s2)s1. The van der Waals surface area contributed by atoms with Crippen molar-refractivity contribution in [1.82, 2.24) is 0 Å². The Hall–Kier alpha value is -0.160. The number of nitrogens with two attached hydrogens (primary N) is 1. The standard InChI is InChI=1S/C12H14BrNS2/c1-2-8-3-4-9(15-8)7-10(14)11-5-6-12(13)16-11/h3-6,10H,2,7,14H2,1H3. The first-order valence-electron chi connectivity index (χ1n) is 5.27. The second-order valence-electron chi connectivity index (χ2n) is 3.67. The van der Waals surface area contributed by atoms with Crippen LogP contribution < -0.4 is 5.73 Å². The van der Waals surface area contributed by atoms with Gasteiger partial charge in [0, 0.05) is 27.1 Å². The molecule has 2 aromatic heterocycles. The Morgan fingerprint density at radius 1 is 1.19 bits per heavy atom. The number of hydrogen-bond donors (Lipinski definition) is 1. The molecule has 0 aliphatic heterocycles. The van der Waals surface area contributed by atoms with Crippen LogP contribution in [0, 0.1) is 0 Å². The van der Waals surface area contributed by atoms with E-state index < -0.39 is 0 Å². The third-order valence-corrected chi connectivity index (χ3v) is 5.45. The Bertz CT molecular complexity index is 461. The summed E-state index contributed by atoms with van der Waals surface area (Å²) in [7, 11) is 0. The maximum absolute atomic E-state index is 6.19. The molecule has 2 N–H and O–H groups in total. The maximum Gasteiger partial charge on any atom is 0.0701 e. The zero-order chi connectivity index (χ0) is 11.5. The Labute approximate surface area is 112 Å². The summed E-state index contributed by atoms with van der Waals surface area (Å²) in [6, 6.07) is 8.70. The minimum atomic E-state index is 0.125. The van der Waals surface area contributed by atoms with Gasteiger partial charge in [-0.25, -0.2) is 0 Å². The fourth-order valence-corrected chi connectivity index (χ4v) is 4.01. The van der Waals surface area contributed by atoms with Crippen LogP contribution in [-0.2, 0) is 12.8 Å². The van der Waals surface area contributed by atoms with Crippen molar-refractivity contribution in [1.29, 1.82) is 0 Å². The van der Waals surface area contributed by atoms with E-state index in [0.29, 0.717) is 0 Å². The van der Waals surface area contributed by atoms with E-state index in [4.69, 9.17) is 5.73 Å². The lowest BCUT2D eigenvalue weighted by molar-refractivity contribution is 0.745. The van der Waals surface area contributed by atoms with Gasteiger partial charge in [0.05, 0.1) is 3.79 Å². The smallest absolute Gasteiger partial charge is 0.0701 e. The van der Waals surface area contributed by atoms with Crippen LogP contribution in [0.4, 0.5) is 0 Å². The monoisotopic (exact) mass is 315 g/mol. The highest BCUT2D eigenvalue weighted by Crippen LogP contribution is 2.29. The van der Waals surface area contributed by atoms with Gasteiger partial charge in [-0.1, -0.05) is 6.92 Å². The molecule has 1 atom stereocenters. The van der Waals surface area contributed by atoms with E-state index in [0.717, 1.165) is 16.6 Å². The van der Waals surface area contributed by atoms with Crippen LogP contribution in [0.25, 0.3) is 0 Å². The summed E-state index contributed by atoms with van der Waals surface area (Å²) in [4.78, 5) is 4.07. The summed E-state index contributed by atoms with van der Waals surface area (Å²) in [5, 5.41) is 0. The van der Waals surface area contributed by atoms with Gasteiger partial charge in [0.25, 0.3) is 0 Å². The van der Waals surface area contributed by atoms with Gasteiger partial charge in [-0.15, -0.1) is 22.7 Å². The molecule has 1 unspecified atom stereocenters. The Balaban J connectivity index is 2.04. The molecule has 0 spiro atoms. The van der Waals surface area contributed by atoms with Crippen LogP contribution in [0.3, 0.4) is 0 Å². The van der Waals surface area contributed by atoms with Crippen LogP contribution in [0.1, 0.15) is 27.6 Å². The summed E-state index contributed by atoms with van der Waals surface area (Å²) >= 11 is 7.07. The highest BCUT2D eigenvalue weighted by Gasteiger charge is 2.10. The van der Waals surface area contributed by atoms with E-state index in [-0.39, 0.29) is 6.04 Å². The fraction of sp³-hybridized carbons (Fsp3) is 0.333. The van der Waals surface area contributed by atoms with E-state index in [1.54, 1.807) is 11.3 Å². The second-order valence-corrected chi connectivity index (χ2v) is 7.42. The summed E-state index contributed by atoms with van der Waals surface area (Å²) in [5.74, 6) is 0. The fourth-order valence-electron chi connectivity index (χ4n) is 1.57. The van der Waals surface area contributed by atoms with Crippen LogP contribution in [0.5, 0.6) is 0 Å². The van der Waals surface area contributed by atoms with Crippen LogP contribution >= 0.6 is 38.6 Å². The summed E-state index contributed by atoms with van der Waals surface area (Å²) in [5.41, 5.74) is 6.19. The Morgan fingerprint density at radius 3 is 2.50 bits per heavy atom.